The van der Waals surface area contributed by atoms with Crippen LogP contribution in [0, 0.1) is 0 Å². The molecule has 1 aliphatic rings. The normalized spacial score (nSPS) is 21.7. The number of rotatable bonds is 4. The Morgan fingerprint density at radius 1 is 0.947 bits per heavy atom. The number of nitrogens with zero attached hydrogens (tertiary/aromatic N) is 1. The summed E-state index contributed by atoms with van der Waals surface area (Å²) in [5, 5.41) is 3.48. The van der Waals surface area contributed by atoms with E-state index in [0.29, 0.717) is 6.54 Å². The van der Waals surface area contributed by atoms with Gasteiger partial charge in [-0.15, -0.1) is 0 Å². The van der Waals surface area contributed by atoms with E-state index in [4.69, 9.17) is 9.47 Å². The Morgan fingerprint density at radius 2 is 1.53 bits per heavy atom. The summed E-state index contributed by atoms with van der Waals surface area (Å²) in [6.07, 6.45) is 11.5. The summed E-state index contributed by atoms with van der Waals surface area (Å²) in [7, 11) is 3.31. The van der Waals surface area contributed by atoms with Crippen molar-refractivity contribution in [3.05, 3.63) is 0 Å². The van der Waals surface area contributed by atoms with Crippen molar-refractivity contribution in [1.82, 2.24) is 5.32 Å². The molecule has 0 aromatic carbocycles. The van der Waals surface area contributed by atoms with Gasteiger partial charge in [0.25, 0.3) is 0 Å². The molecule has 0 unspecified atom stereocenters. The third kappa shape index (κ3) is 8.22. The minimum absolute atomic E-state index is 0.226. The van der Waals surface area contributed by atoms with Crippen LogP contribution in [0.15, 0.2) is 4.99 Å². The third-order valence-corrected chi connectivity index (χ3v) is 3.63. The molecule has 0 saturated carbocycles. The van der Waals surface area contributed by atoms with Gasteiger partial charge in [-0.2, -0.15) is 0 Å². The number of nitrogens with one attached hydrogen (secondary N) is 1. The fourth-order valence-corrected chi connectivity index (χ4v) is 2.36. The molecule has 1 fully saturated rings. The minimum atomic E-state index is -0.226. The molecule has 1 saturated heterocycles. The van der Waals surface area contributed by atoms with Crippen LogP contribution in [0.4, 0.5) is 0 Å². The van der Waals surface area contributed by atoms with Gasteiger partial charge < -0.3 is 14.8 Å². The lowest BCUT2D eigenvalue weighted by Gasteiger charge is -2.14. The first-order chi connectivity index (χ1) is 9.36. The van der Waals surface area contributed by atoms with Crippen molar-refractivity contribution < 1.29 is 9.47 Å². The molecule has 0 aromatic heterocycles. The first kappa shape index (κ1) is 16.4. The Bertz CT molecular complexity index is 226. The van der Waals surface area contributed by atoms with Crippen LogP contribution in [0.25, 0.3) is 0 Å². The first-order valence-corrected chi connectivity index (χ1v) is 7.69. The predicted octanol–water partition coefficient (Wildman–Crippen LogP) is 3.12. The molecule has 0 atom stereocenters. The van der Waals surface area contributed by atoms with Crippen LogP contribution in [-0.2, 0) is 9.47 Å². The van der Waals surface area contributed by atoms with E-state index < -0.39 is 0 Å². The quantitative estimate of drug-likeness (QED) is 0.798. The van der Waals surface area contributed by atoms with Gasteiger partial charge in [0.15, 0.2) is 6.29 Å². The van der Waals surface area contributed by atoms with E-state index >= 15 is 0 Å². The van der Waals surface area contributed by atoms with Gasteiger partial charge in [0, 0.05) is 27.2 Å². The molecule has 0 bridgehead atoms. The highest BCUT2D eigenvalue weighted by atomic mass is 16.7. The summed E-state index contributed by atoms with van der Waals surface area (Å²) in [6.45, 7) is 1.62. The monoisotopic (exact) mass is 270 g/mol. The molecule has 1 N–H and O–H groups in total. The predicted molar refractivity (Wildman–Crippen MR) is 79.7 cm³/mol. The number of hydrogen-bond donors (Lipinski definition) is 1. The van der Waals surface area contributed by atoms with Crippen LogP contribution >= 0.6 is 0 Å². The van der Waals surface area contributed by atoms with Crippen molar-refractivity contribution in [3.63, 3.8) is 0 Å². The van der Waals surface area contributed by atoms with E-state index in [1.807, 2.05) is 0 Å². The fourth-order valence-electron chi connectivity index (χ4n) is 2.36. The van der Waals surface area contributed by atoms with Crippen molar-refractivity contribution in [2.75, 3.05) is 27.3 Å². The van der Waals surface area contributed by atoms with Gasteiger partial charge in [-0.05, 0) is 12.8 Å². The zero-order valence-corrected chi connectivity index (χ0v) is 12.6. The lowest BCUT2D eigenvalue weighted by molar-refractivity contribution is -0.0937. The Hall–Kier alpha value is -0.610. The smallest absolute Gasteiger partial charge is 0.176 e. The van der Waals surface area contributed by atoms with E-state index in [-0.39, 0.29) is 6.29 Å². The Kier molecular flexibility index (Phi) is 9.72. The van der Waals surface area contributed by atoms with E-state index in [0.717, 1.165) is 18.8 Å². The summed E-state index contributed by atoms with van der Waals surface area (Å²) < 4.78 is 10.3. The molecule has 1 aliphatic heterocycles. The van der Waals surface area contributed by atoms with Gasteiger partial charge in [0.05, 0.1) is 12.4 Å². The second kappa shape index (κ2) is 11.2. The van der Waals surface area contributed by atoms with E-state index in [2.05, 4.69) is 10.3 Å². The summed E-state index contributed by atoms with van der Waals surface area (Å²) in [6, 6.07) is 0. The van der Waals surface area contributed by atoms with Crippen LogP contribution in [0.5, 0.6) is 0 Å². The van der Waals surface area contributed by atoms with Crippen LogP contribution in [-0.4, -0.2) is 39.4 Å². The van der Waals surface area contributed by atoms with Crippen molar-refractivity contribution in [3.8, 4) is 0 Å². The Labute approximate surface area is 118 Å². The molecule has 112 valence electrons. The molecule has 4 heteroatoms. The zero-order valence-electron chi connectivity index (χ0n) is 12.6. The van der Waals surface area contributed by atoms with Gasteiger partial charge in [-0.1, -0.05) is 38.5 Å². The molecule has 0 aliphatic carbocycles. The van der Waals surface area contributed by atoms with Crippen LogP contribution in [0.1, 0.15) is 57.8 Å². The number of aliphatic imine (C=N–C) groups is 1. The van der Waals surface area contributed by atoms with E-state index in [1.54, 1.807) is 14.2 Å². The average molecular weight is 270 g/mol. The molecule has 0 radical (unpaired) electrons. The maximum atomic E-state index is 5.17. The summed E-state index contributed by atoms with van der Waals surface area (Å²) >= 11 is 0. The van der Waals surface area contributed by atoms with E-state index in [9.17, 15) is 0 Å². The van der Waals surface area contributed by atoms with Crippen LogP contribution in [0.3, 0.4) is 0 Å². The van der Waals surface area contributed by atoms with Gasteiger partial charge >= 0.3 is 0 Å². The molecule has 19 heavy (non-hydrogen) atoms. The molecule has 0 amide bonds. The van der Waals surface area contributed by atoms with Crippen molar-refractivity contribution in [2.24, 2.45) is 4.99 Å². The summed E-state index contributed by atoms with van der Waals surface area (Å²) in [5.74, 6) is 1.12. The van der Waals surface area contributed by atoms with Crippen molar-refractivity contribution in [1.29, 1.82) is 0 Å². The van der Waals surface area contributed by atoms with Crippen molar-refractivity contribution in [2.45, 2.75) is 64.1 Å². The summed E-state index contributed by atoms with van der Waals surface area (Å²) in [4.78, 5) is 4.61. The first-order valence-electron chi connectivity index (χ1n) is 7.69. The second-order valence-corrected chi connectivity index (χ2v) is 5.19. The number of hydrogen-bond acceptors (Lipinski definition) is 3. The second-order valence-electron chi connectivity index (χ2n) is 5.19. The lowest BCUT2D eigenvalue weighted by atomic mass is 10.1. The molecule has 0 aromatic rings. The summed E-state index contributed by atoms with van der Waals surface area (Å²) in [5.41, 5.74) is 0. The topological polar surface area (TPSA) is 42.8 Å². The van der Waals surface area contributed by atoms with Gasteiger partial charge in [0.1, 0.15) is 0 Å². The lowest BCUT2D eigenvalue weighted by Crippen LogP contribution is -2.27. The van der Waals surface area contributed by atoms with Crippen LogP contribution < -0.4 is 5.32 Å². The number of methoxy groups -OCH3 is 2. The molecule has 1 rings (SSSR count). The van der Waals surface area contributed by atoms with Crippen molar-refractivity contribution >= 4 is 5.84 Å². The highest BCUT2D eigenvalue weighted by molar-refractivity contribution is 5.82. The largest absolute Gasteiger partial charge is 0.374 e. The van der Waals surface area contributed by atoms with Gasteiger partial charge in [0.2, 0.25) is 0 Å². The minimum Gasteiger partial charge on any atom is -0.374 e. The Morgan fingerprint density at radius 3 is 2.16 bits per heavy atom. The Balaban J connectivity index is 2.39. The standard InChI is InChI=1S/C15H30N2O2/c1-18-15(19-2)13-17-14-11-9-7-5-3-4-6-8-10-12-16-14/h15H,3-13H2,1-2H3,(H,16,17). The molecule has 0 spiro atoms. The molecule has 1 heterocycles. The number of ether oxygens (including phenoxy) is 2. The average Bonchev–Trinajstić information content (AvgIpc) is 2.42. The highest BCUT2D eigenvalue weighted by Crippen LogP contribution is 2.11. The SMILES string of the molecule is COC(C/N=C1\CCCCCCCCCCN1)OC. The molecule has 4 nitrogen and oxygen atoms in total. The maximum absolute atomic E-state index is 5.17. The fraction of sp³-hybridized carbons (Fsp3) is 0.933. The van der Waals surface area contributed by atoms with Gasteiger partial charge in [-0.3, -0.25) is 4.99 Å². The van der Waals surface area contributed by atoms with Gasteiger partial charge in [-0.25, -0.2) is 0 Å². The van der Waals surface area contributed by atoms with Crippen LogP contribution in [0.2, 0.25) is 0 Å². The van der Waals surface area contributed by atoms with E-state index in [1.165, 1.54) is 51.4 Å². The number of amidine groups is 1. The molecular weight excluding hydrogens is 240 g/mol. The maximum Gasteiger partial charge on any atom is 0.176 e. The zero-order chi connectivity index (χ0) is 13.8. The third-order valence-electron chi connectivity index (χ3n) is 3.63. The highest BCUT2D eigenvalue weighted by Gasteiger charge is 2.06. The molecular formula is C15H30N2O2.